The molecule has 8 heteroatoms. The van der Waals surface area contributed by atoms with E-state index in [0.717, 1.165) is 31.5 Å². The van der Waals surface area contributed by atoms with Gasteiger partial charge in [-0.05, 0) is 43.0 Å². The van der Waals surface area contributed by atoms with E-state index in [1.807, 2.05) is 12.1 Å². The highest BCUT2D eigenvalue weighted by molar-refractivity contribution is 7.09. The quantitative estimate of drug-likeness (QED) is 0.548. The molecule has 0 aliphatic carbocycles. The molecule has 4 heterocycles. The van der Waals surface area contributed by atoms with E-state index in [4.69, 9.17) is 14.0 Å². The first-order valence-electron chi connectivity index (χ1n) is 9.02. The van der Waals surface area contributed by atoms with Gasteiger partial charge in [0.05, 0.1) is 18.2 Å². The van der Waals surface area contributed by atoms with Crippen LogP contribution in [0.3, 0.4) is 0 Å². The molecule has 142 valence electrons. The lowest BCUT2D eigenvalue weighted by molar-refractivity contribution is 0.144. The van der Waals surface area contributed by atoms with Gasteiger partial charge >= 0.3 is 0 Å². The van der Waals surface area contributed by atoms with E-state index < -0.39 is 0 Å². The predicted molar refractivity (Wildman–Crippen MR) is 102 cm³/mol. The second kappa shape index (κ2) is 8.60. The van der Waals surface area contributed by atoms with E-state index >= 15 is 0 Å². The van der Waals surface area contributed by atoms with Crippen LogP contribution in [0.15, 0.2) is 40.4 Å². The smallest absolute Gasteiger partial charge is 0.244 e. The Morgan fingerprint density at radius 2 is 2.26 bits per heavy atom. The van der Waals surface area contributed by atoms with Gasteiger partial charge in [-0.25, -0.2) is 4.98 Å². The normalized spacial score (nSPS) is 17.4. The van der Waals surface area contributed by atoms with Gasteiger partial charge in [-0.2, -0.15) is 4.98 Å². The van der Waals surface area contributed by atoms with Crippen LogP contribution in [-0.2, 0) is 11.3 Å². The summed E-state index contributed by atoms with van der Waals surface area (Å²) in [6.45, 7) is 2.87. The van der Waals surface area contributed by atoms with Crippen molar-refractivity contribution < 1.29 is 14.0 Å². The first-order chi connectivity index (χ1) is 13.3. The van der Waals surface area contributed by atoms with Gasteiger partial charge in [0.2, 0.25) is 17.6 Å². The molecule has 0 saturated carbocycles. The number of thiophene rings is 1. The number of hydrogen-bond donors (Lipinski definition) is 0. The molecule has 0 bridgehead atoms. The van der Waals surface area contributed by atoms with E-state index in [1.54, 1.807) is 24.6 Å². The average Bonchev–Trinajstić information content (AvgIpc) is 3.44. The summed E-state index contributed by atoms with van der Waals surface area (Å²) in [7, 11) is 1.64. The van der Waals surface area contributed by atoms with Crippen LogP contribution in [-0.4, -0.2) is 46.9 Å². The van der Waals surface area contributed by atoms with Crippen molar-refractivity contribution in [2.75, 3.05) is 26.9 Å². The fraction of sp³-hybridized carbons (Fsp3) is 0.421. The van der Waals surface area contributed by atoms with Gasteiger partial charge in [-0.3, -0.25) is 4.90 Å². The third kappa shape index (κ3) is 4.18. The lowest BCUT2D eigenvalue weighted by Gasteiger charge is -2.20. The Morgan fingerprint density at radius 1 is 1.30 bits per heavy atom. The minimum absolute atomic E-state index is 0.155. The maximum Gasteiger partial charge on any atom is 0.244 e. The van der Waals surface area contributed by atoms with Crippen LogP contribution in [0.5, 0.6) is 5.88 Å². The van der Waals surface area contributed by atoms with Crippen molar-refractivity contribution in [3.63, 3.8) is 0 Å². The zero-order valence-electron chi connectivity index (χ0n) is 15.2. The number of aromatic nitrogens is 3. The maximum absolute atomic E-state index is 5.69. The number of nitrogens with zero attached hydrogens (tertiary/aromatic N) is 4. The standard InChI is InChI=1S/C19H22N4O3S/c1-24-10-11-25-18-15(6-2-8-20-18)17-21-19(26-22-17)16-7-3-9-23(16)13-14-5-4-12-27-14/h2,4-6,8,12,16H,3,7,9-11,13H2,1H3. The molecule has 0 aromatic carbocycles. The number of hydrogen-bond acceptors (Lipinski definition) is 8. The first-order valence-corrected chi connectivity index (χ1v) is 9.90. The summed E-state index contributed by atoms with van der Waals surface area (Å²) < 4.78 is 16.3. The van der Waals surface area contributed by atoms with Gasteiger partial charge < -0.3 is 14.0 Å². The van der Waals surface area contributed by atoms with Crippen LogP contribution < -0.4 is 4.74 Å². The zero-order valence-corrected chi connectivity index (χ0v) is 16.0. The summed E-state index contributed by atoms with van der Waals surface area (Å²) in [5.74, 6) is 1.66. The molecule has 1 aliphatic rings. The lowest BCUT2D eigenvalue weighted by Crippen LogP contribution is -2.22. The Kier molecular flexibility index (Phi) is 5.76. The van der Waals surface area contributed by atoms with E-state index in [1.165, 1.54) is 4.88 Å². The van der Waals surface area contributed by atoms with Crippen LogP contribution in [0.1, 0.15) is 29.7 Å². The van der Waals surface area contributed by atoms with Crippen LogP contribution in [0.4, 0.5) is 0 Å². The van der Waals surface area contributed by atoms with Gasteiger partial charge in [-0.1, -0.05) is 11.2 Å². The number of rotatable bonds is 8. The molecule has 3 aromatic heterocycles. The van der Waals surface area contributed by atoms with Crippen LogP contribution in [0, 0.1) is 0 Å². The number of pyridine rings is 1. The summed E-state index contributed by atoms with van der Waals surface area (Å²) in [6, 6.07) is 8.14. The summed E-state index contributed by atoms with van der Waals surface area (Å²) in [5, 5.41) is 6.30. The Bertz CT molecular complexity index is 852. The molecule has 1 saturated heterocycles. The molecule has 1 unspecified atom stereocenters. The van der Waals surface area contributed by atoms with Crippen molar-refractivity contribution >= 4 is 11.3 Å². The molecule has 0 N–H and O–H groups in total. The fourth-order valence-corrected chi connectivity index (χ4v) is 4.00. The van der Waals surface area contributed by atoms with E-state index in [2.05, 4.69) is 37.5 Å². The van der Waals surface area contributed by atoms with Crippen molar-refractivity contribution in [1.82, 2.24) is 20.0 Å². The maximum atomic E-state index is 5.69. The Balaban J connectivity index is 1.51. The van der Waals surface area contributed by atoms with Crippen molar-refractivity contribution in [2.45, 2.75) is 25.4 Å². The molecule has 0 radical (unpaired) electrons. The molecule has 1 atom stereocenters. The molecule has 27 heavy (non-hydrogen) atoms. The zero-order chi connectivity index (χ0) is 18.5. The summed E-state index contributed by atoms with van der Waals surface area (Å²) >= 11 is 1.78. The largest absolute Gasteiger partial charge is 0.475 e. The fourth-order valence-electron chi connectivity index (χ4n) is 3.28. The van der Waals surface area contributed by atoms with Crippen LogP contribution in [0.2, 0.25) is 0 Å². The minimum Gasteiger partial charge on any atom is -0.475 e. The Morgan fingerprint density at radius 3 is 3.11 bits per heavy atom. The summed E-state index contributed by atoms with van der Waals surface area (Å²) in [4.78, 5) is 12.7. The van der Waals surface area contributed by atoms with E-state index in [-0.39, 0.29) is 6.04 Å². The molecule has 0 spiro atoms. The molecular formula is C19H22N4O3S. The van der Waals surface area contributed by atoms with Crippen molar-refractivity contribution in [2.24, 2.45) is 0 Å². The van der Waals surface area contributed by atoms with Crippen LogP contribution in [0.25, 0.3) is 11.4 Å². The van der Waals surface area contributed by atoms with Gasteiger partial charge in [0.1, 0.15) is 6.61 Å². The van der Waals surface area contributed by atoms with Gasteiger partial charge in [-0.15, -0.1) is 11.3 Å². The molecule has 4 rings (SSSR count). The number of ether oxygens (including phenoxy) is 2. The minimum atomic E-state index is 0.155. The molecule has 7 nitrogen and oxygen atoms in total. The molecule has 3 aromatic rings. The second-order valence-electron chi connectivity index (χ2n) is 6.36. The molecule has 0 amide bonds. The average molecular weight is 386 g/mol. The summed E-state index contributed by atoms with van der Waals surface area (Å²) in [6.07, 6.45) is 3.84. The van der Waals surface area contributed by atoms with Gasteiger partial charge in [0.15, 0.2) is 0 Å². The van der Waals surface area contributed by atoms with Gasteiger partial charge in [0, 0.05) is 24.7 Å². The first kappa shape index (κ1) is 18.1. The van der Waals surface area contributed by atoms with E-state index in [0.29, 0.717) is 30.8 Å². The van der Waals surface area contributed by atoms with Crippen molar-refractivity contribution in [1.29, 1.82) is 0 Å². The third-order valence-corrected chi connectivity index (χ3v) is 5.43. The monoisotopic (exact) mass is 386 g/mol. The molecule has 1 aliphatic heterocycles. The van der Waals surface area contributed by atoms with E-state index in [9.17, 15) is 0 Å². The molecule has 1 fully saturated rings. The number of likely N-dealkylation sites (tertiary alicyclic amines) is 1. The highest BCUT2D eigenvalue weighted by Crippen LogP contribution is 2.34. The Labute approximate surface area is 161 Å². The second-order valence-corrected chi connectivity index (χ2v) is 7.39. The Hall–Kier alpha value is -2.29. The van der Waals surface area contributed by atoms with Crippen molar-refractivity contribution in [3.8, 4) is 17.3 Å². The number of methoxy groups -OCH3 is 1. The van der Waals surface area contributed by atoms with Gasteiger partial charge in [0.25, 0.3) is 0 Å². The highest BCUT2D eigenvalue weighted by Gasteiger charge is 2.31. The SMILES string of the molecule is COCCOc1ncccc1-c1noc(C2CCCN2Cc2cccs2)n1. The lowest BCUT2D eigenvalue weighted by atomic mass is 10.2. The van der Waals surface area contributed by atoms with Crippen LogP contribution >= 0.6 is 11.3 Å². The summed E-state index contributed by atoms with van der Waals surface area (Å²) in [5.41, 5.74) is 0.728. The predicted octanol–water partition coefficient (Wildman–Crippen LogP) is 3.56. The molecular weight excluding hydrogens is 364 g/mol. The topological polar surface area (TPSA) is 73.5 Å². The highest BCUT2D eigenvalue weighted by atomic mass is 32.1. The van der Waals surface area contributed by atoms with Crippen molar-refractivity contribution in [3.05, 3.63) is 46.6 Å². The third-order valence-electron chi connectivity index (χ3n) is 4.57.